The minimum Gasteiger partial charge on any atom is -0.449 e. The Kier molecular flexibility index (Phi) is 10.4. The molecule has 0 rings (SSSR count). The van der Waals surface area contributed by atoms with Crippen molar-refractivity contribution >= 4 is 30.3 Å². The molecule has 9 nitrogen and oxygen atoms in total. The van der Waals surface area contributed by atoms with Gasteiger partial charge in [0, 0.05) is 0 Å². The lowest BCUT2D eigenvalue weighted by atomic mass is 9.95. The molecule has 0 heterocycles. The smallest absolute Gasteiger partial charge is 0.282 e. The van der Waals surface area contributed by atoms with Crippen LogP contribution in [0.2, 0.25) is 0 Å². The molecule has 134 valence electrons. The van der Waals surface area contributed by atoms with Gasteiger partial charge in [0.05, 0.1) is 0 Å². The highest BCUT2D eigenvalue weighted by atomic mass is 28.3. The van der Waals surface area contributed by atoms with Crippen LogP contribution in [0.4, 0.5) is 0 Å². The third kappa shape index (κ3) is 3.68. The largest absolute Gasteiger partial charge is 0.449 e. The van der Waals surface area contributed by atoms with E-state index in [2.05, 4.69) is 37.2 Å². The first kappa shape index (κ1) is 22.3. The minimum absolute atomic E-state index is 0.487. The topological polar surface area (TPSA) is 103 Å². The second-order valence-corrected chi connectivity index (χ2v) is 10.4. The molecule has 0 saturated carbocycles. The number of hydrogen-bond acceptors (Lipinski definition) is 9. The van der Waals surface area contributed by atoms with Crippen LogP contribution in [0.25, 0.3) is 0 Å². The van der Waals surface area contributed by atoms with Crippen molar-refractivity contribution in [2.45, 2.75) is 16.7 Å². The monoisotopic (exact) mass is 369 g/mol. The molecule has 0 bridgehead atoms. The van der Waals surface area contributed by atoms with E-state index in [1.165, 1.54) is 0 Å². The first-order valence-corrected chi connectivity index (χ1v) is 10.6. The van der Waals surface area contributed by atoms with Gasteiger partial charge >= 0.3 is 0 Å². The third-order valence-corrected chi connectivity index (χ3v) is 8.55. The Morgan fingerprint density at radius 1 is 0.727 bits per heavy atom. The summed E-state index contributed by atoms with van der Waals surface area (Å²) in [5.74, 6) is -0.637. The molecule has 0 fully saturated rings. The Bertz CT molecular complexity index is 294. The van der Waals surface area contributed by atoms with E-state index in [1.807, 2.05) is 49.3 Å². The van der Waals surface area contributed by atoms with Gasteiger partial charge in [0.15, 0.2) is 15.5 Å². The van der Waals surface area contributed by atoms with Gasteiger partial charge < -0.3 is 18.9 Å². The summed E-state index contributed by atoms with van der Waals surface area (Å²) in [4.78, 5) is 0. The van der Waals surface area contributed by atoms with E-state index in [0.29, 0.717) is 0 Å². The van der Waals surface area contributed by atoms with Gasteiger partial charge in [-0.3, -0.25) is 26.6 Å². The lowest BCUT2D eigenvalue weighted by Gasteiger charge is -2.59. The summed E-state index contributed by atoms with van der Waals surface area (Å²) in [5.41, 5.74) is -0.631. The summed E-state index contributed by atoms with van der Waals surface area (Å²) in [7, 11) is 12.3. The molecule has 0 aromatic heterocycles. The number of hydrogen-bond donors (Lipinski definition) is 7. The maximum atomic E-state index is 5.97. The molecule has 0 atom stereocenters. The highest BCUT2D eigenvalue weighted by Gasteiger charge is 2.60. The normalized spacial score (nSPS) is 14.9. The van der Waals surface area contributed by atoms with Crippen LogP contribution in [0.5, 0.6) is 0 Å². The van der Waals surface area contributed by atoms with Crippen molar-refractivity contribution < 1.29 is 8.23 Å². The molecule has 0 aromatic rings. The predicted molar refractivity (Wildman–Crippen MR) is 101 cm³/mol. The summed E-state index contributed by atoms with van der Waals surface area (Å²) in [5, 5.41) is 23.3. The fraction of sp³-hybridized carbons (Fsp3) is 1.00. The number of nitrogens with one attached hydrogen (secondary N) is 7. The first-order chi connectivity index (χ1) is 10.5. The summed E-state index contributed by atoms with van der Waals surface area (Å²) in [6, 6.07) is 0. The molecule has 12 heteroatoms. The molecular formula is C10H35N7O2Si3. The Hall–Kier alpha value is 0.291. The standard InChI is InChI=1S/C10H35N7O2Si3/c1-11-8(12-2,9(13-3,14-4)15-5)10(16-6,17-7)21-19-22-18-20/h11-17H,21-22H2,1-7,20H3. The lowest BCUT2D eigenvalue weighted by molar-refractivity contribution is -0.00208. The zero-order valence-electron chi connectivity index (χ0n) is 15.2. The van der Waals surface area contributed by atoms with Crippen molar-refractivity contribution in [2.24, 2.45) is 0 Å². The van der Waals surface area contributed by atoms with Crippen LogP contribution >= 0.6 is 0 Å². The lowest BCUT2D eigenvalue weighted by Crippen LogP contribution is -2.95. The quantitative estimate of drug-likeness (QED) is 0.0971. The summed E-state index contributed by atoms with van der Waals surface area (Å²) in [6.45, 7) is 0. The van der Waals surface area contributed by atoms with Gasteiger partial charge in [-0.25, -0.2) is 0 Å². The van der Waals surface area contributed by atoms with E-state index in [0.717, 1.165) is 10.5 Å². The average molecular weight is 370 g/mol. The van der Waals surface area contributed by atoms with E-state index in [1.54, 1.807) is 0 Å². The van der Waals surface area contributed by atoms with Crippen LogP contribution in [0.15, 0.2) is 0 Å². The van der Waals surface area contributed by atoms with Gasteiger partial charge in [0.25, 0.3) is 10.0 Å². The average Bonchev–Trinajstić information content (AvgIpc) is 2.58. The van der Waals surface area contributed by atoms with Gasteiger partial charge in [0.1, 0.15) is 21.4 Å². The molecule has 0 saturated heterocycles. The molecular weight excluding hydrogens is 334 g/mol. The fourth-order valence-electron chi connectivity index (χ4n) is 3.22. The highest BCUT2D eigenvalue weighted by Crippen LogP contribution is 2.25. The Morgan fingerprint density at radius 2 is 1.18 bits per heavy atom. The SMILES string of the molecule is CNC(NC)(NC)C(NC)(NC)C(NC)(NC)[SiH2]O[SiH2]O[SiH3]. The maximum Gasteiger partial charge on any atom is 0.282 e. The van der Waals surface area contributed by atoms with Crippen molar-refractivity contribution in [1.82, 2.24) is 37.2 Å². The number of likely N-dealkylation sites (N-methyl/N-ethyl adjacent to an activating group) is 7. The molecule has 0 aliphatic carbocycles. The van der Waals surface area contributed by atoms with Gasteiger partial charge in [0.2, 0.25) is 0 Å². The molecule has 0 spiro atoms. The van der Waals surface area contributed by atoms with Gasteiger partial charge in [-0.05, 0) is 49.3 Å². The van der Waals surface area contributed by atoms with E-state index < -0.39 is 36.5 Å². The zero-order valence-corrected chi connectivity index (χ0v) is 20.1. The van der Waals surface area contributed by atoms with Crippen molar-refractivity contribution in [2.75, 3.05) is 49.3 Å². The fourth-order valence-corrected chi connectivity index (χ4v) is 8.06. The molecule has 7 N–H and O–H groups in total. The zero-order chi connectivity index (χ0) is 17.3. The molecule has 0 radical (unpaired) electrons. The van der Waals surface area contributed by atoms with Crippen molar-refractivity contribution in [3.8, 4) is 0 Å². The Labute approximate surface area is 142 Å². The van der Waals surface area contributed by atoms with Crippen molar-refractivity contribution in [1.29, 1.82) is 0 Å². The second kappa shape index (κ2) is 10.2. The van der Waals surface area contributed by atoms with Crippen LogP contribution < -0.4 is 37.2 Å². The van der Waals surface area contributed by atoms with Gasteiger partial charge in [-0.15, -0.1) is 0 Å². The highest BCUT2D eigenvalue weighted by molar-refractivity contribution is 6.44. The van der Waals surface area contributed by atoms with Crippen LogP contribution in [0.3, 0.4) is 0 Å². The number of rotatable bonds is 13. The molecule has 0 aliphatic rings. The second-order valence-electron chi connectivity index (χ2n) is 4.91. The third-order valence-electron chi connectivity index (χ3n) is 4.45. The van der Waals surface area contributed by atoms with E-state index >= 15 is 0 Å². The molecule has 22 heavy (non-hydrogen) atoms. The predicted octanol–water partition coefficient (Wildman–Crippen LogP) is -6.08. The molecule has 0 aromatic carbocycles. The first-order valence-electron chi connectivity index (χ1n) is 7.38. The van der Waals surface area contributed by atoms with E-state index in [-0.39, 0.29) is 0 Å². The van der Waals surface area contributed by atoms with Gasteiger partial charge in [-0.1, -0.05) is 0 Å². The van der Waals surface area contributed by atoms with Gasteiger partial charge in [-0.2, -0.15) is 0 Å². The Balaban J connectivity index is 5.99. The van der Waals surface area contributed by atoms with E-state index in [9.17, 15) is 0 Å². The maximum absolute atomic E-state index is 5.97. The Morgan fingerprint density at radius 3 is 1.45 bits per heavy atom. The summed E-state index contributed by atoms with van der Waals surface area (Å²) >= 11 is 0. The van der Waals surface area contributed by atoms with E-state index in [4.69, 9.17) is 8.23 Å². The molecule has 0 amide bonds. The van der Waals surface area contributed by atoms with Crippen LogP contribution in [-0.4, -0.2) is 96.3 Å². The summed E-state index contributed by atoms with van der Waals surface area (Å²) < 4.78 is 11.3. The van der Waals surface area contributed by atoms with Crippen LogP contribution in [0, 0.1) is 0 Å². The van der Waals surface area contributed by atoms with Crippen molar-refractivity contribution in [3.05, 3.63) is 0 Å². The minimum atomic E-state index is -1.03. The molecule has 0 aliphatic heterocycles. The van der Waals surface area contributed by atoms with Crippen LogP contribution in [0.1, 0.15) is 0 Å². The van der Waals surface area contributed by atoms with Crippen LogP contribution in [-0.2, 0) is 8.23 Å². The van der Waals surface area contributed by atoms with Crippen molar-refractivity contribution in [3.63, 3.8) is 0 Å². The summed E-state index contributed by atoms with van der Waals surface area (Å²) in [6.07, 6.45) is 0. The molecule has 0 unspecified atom stereocenters.